The van der Waals surface area contributed by atoms with Gasteiger partial charge >= 0.3 is 5.97 Å². The lowest BCUT2D eigenvalue weighted by atomic mass is 10.0. The van der Waals surface area contributed by atoms with Gasteiger partial charge in [0.15, 0.2) is 0 Å². The monoisotopic (exact) mass is 460 g/mol. The molecule has 2 saturated heterocycles. The van der Waals surface area contributed by atoms with Crippen molar-refractivity contribution >= 4 is 23.7 Å². The predicted molar refractivity (Wildman–Crippen MR) is 119 cm³/mol. The Labute approximate surface area is 192 Å². The first-order valence-electron chi connectivity index (χ1n) is 11.4. The topological polar surface area (TPSA) is 148 Å². The highest BCUT2D eigenvalue weighted by molar-refractivity contribution is 5.94. The molecule has 0 spiro atoms. The van der Waals surface area contributed by atoms with Crippen LogP contribution >= 0.6 is 0 Å². The van der Waals surface area contributed by atoms with E-state index in [2.05, 4.69) is 16.0 Å². The Morgan fingerprint density at radius 3 is 2.45 bits per heavy atom. The summed E-state index contributed by atoms with van der Waals surface area (Å²) in [5.41, 5.74) is 0.822. The molecule has 3 amide bonds. The summed E-state index contributed by atoms with van der Waals surface area (Å²) < 4.78 is 0. The number of amides is 3. The van der Waals surface area contributed by atoms with E-state index >= 15 is 0 Å². The van der Waals surface area contributed by atoms with Gasteiger partial charge in [-0.1, -0.05) is 30.3 Å². The fourth-order valence-electron chi connectivity index (χ4n) is 4.35. The number of carbonyl (C=O) groups is 4. The molecule has 0 saturated carbocycles. The minimum atomic E-state index is -1.32. The van der Waals surface area contributed by atoms with Crippen LogP contribution in [0.5, 0.6) is 0 Å². The third kappa shape index (κ3) is 6.29. The molecule has 5 N–H and O–H groups in total. The quantitative estimate of drug-likeness (QED) is 0.331. The van der Waals surface area contributed by atoms with Gasteiger partial charge in [0.25, 0.3) is 0 Å². The molecule has 0 radical (unpaired) electrons. The molecule has 2 fully saturated rings. The molecule has 1 aromatic rings. The van der Waals surface area contributed by atoms with E-state index in [9.17, 15) is 29.4 Å². The van der Waals surface area contributed by atoms with Crippen LogP contribution in [0.4, 0.5) is 0 Å². The zero-order chi connectivity index (χ0) is 24.0. The van der Waals surface area contributed by atoms with Crippen molar-refractivity contribution in [2.24, 2.45) is 0 Å². The molecule has 5 unspecified atom stereocenters. The summed E-state index contributed by atoms with van der Waals surface area (Å²) in [6, 6.07) is 5.51. The Balaban J connectivity index is 1.75. The summed E-state index contributed by atoms with van der Waals surface area (Å²) in [6.45, 7) is 2.33. The van der Waals surface area contributed by atoms with Crippen molar-refractivity contribution in [2.75, 3.05) is 13.1 Å². The molecular weight excluding hydrogens is 428 g/mol. The molecule has 180 valence electrons. The molecule has 33 heavy (non-hydrogen) atoms. The van der Waals surface area contributed by atoms with Crippen LogP contribution in [0.25, 0.3) is 0 Å². The van der Waals surface area contributed by atoms with Gasteiger partial charge in [-0.2, -0.15) is 0 Å². The van der Waals surface area contributed by atoms with Crippen molar-refractivity contribution in [3.05, 3.63) is 35.9 Å². The molecule has 10 heteroatoms. The third-order valence-electron chi connectivity index (χ3n) is 6.16. The number of aliphatic carboxylic acids is 1. The Kier molecular flexibility index (Phi) is 8.40. The second-order valence-electron chi connectivity index (χ2n) is 8.65. The highest BCUT2D eigenvalue weighted by Gasteiger charge is 2.40. The molecule has 10 nitrogen and oxygen atoms in total. The van der Waals surface area contributed by atoms with Gasteiger partial charge in [0.05, 0.1) is 12.1 Å². The summed E-state index contributed by atoms with van der Waals surface area (Å²) in [5, 5.41) is 28.1. The molecule has 1 aromatic carbocycles. The van der Waals surface area contributed by atoms with Crippen molar-refractivity contribution in [1.29, 1.82) is 0 Å². The lowest BCUT2D eigenvalue weighted by Gasteiger charge is -2.30. The van der Waals surface area contributed by atoms with Crippen molar-refractivity contribution in [3.8, 4) is 0 Å². The van der Waals surface area contributed by atoms with Crippen molar-refractivity contribution in [1.82, 2.24) is 20.9 Å². The molecule has 2 aliphatic rings. The van der Waals surface area contributed by atoms with Crippen LogP contribution in [-0.4, -0.2) is 82.2 Å². The third-order valence-corrected chi connectivity index (χ3v) is 6.16. The number of hydrogen-bond acceptors (Lipinski definition) is 6. The maximum Gasteiger partial charge on any atom is 0.326 e. The number of benzene rings is 1. The summed E-state index contributed by atoms with van der Waals surface area (Å²) >= 11 is 0. The van der Waals surface area contributed by atoms with Crippen LogP contribution < -0.4 is 16.0 Å². The lowest BCUT2D eigenvalue weighted by molar-refractivity contribution is -0.150. The zero-order valence-corrected chi connectivity index (χ0v) is 18.7. The molecule has 5 atom stereocenters. The van der Waals surface area contributed by atoms with Crippen molar-refractivity contribution in [3.63, 3.8) is 0 Å². The minimum absolute atomic E-state index is 0.202. The lowest BCUT2D eigenvalue weighted by Crippen LogP contribution is -2.60. The second kappa shape index (κ2) is 11.2. The molecule has 0 aliphatic carbocycles. The van der Waals surface area contributed by atoms with E-state index in [0.717, 1.165) is 18.5 Å². The van der Waals surface area contributed by atoms with E-state index in [-0.39, 0.29) is 24.9 Å². The second-order valence-corrected chi connectivity index (χ2v) is 8.65. The first-order valence-corrected chi connectivity index (χ1v) is 11.4. The molecule has 2 heterocycles. The van der Waals surface area contributed by atoms with Gasteiger partial charge in [0.1, 0.15) is 18.1 Å². The standard InChI is InChI=1S/C23H32N4O6/c1-14(28)19(22(31)27-12-6-10-18(27)23(32)33)26-21(30)17(13-15-7-3-2-4-8-15)25-20(29)16-9-5-11-24-16/h2-4,7-8,14,16-19,24,28H,5-6,9-13H2,1H3,(H,25,29)(H,26,30)(H,32,33). The Morgan fingerprint density at radius 1 is 1.12 bits per heavy atom. The molecular formula is C23H32N4O6. The van der Waals surface area contributed by atoms with E-state index in [1.54, 1.807) is 0 Å². The maximum atomic E-state index is 13.2. The van der Waals surface area contributed by atoms with Crippen molar-refractivity contribution in [2.45, 2.75) is 69.3 Å². The molecule has 0 aromatic heterocycles. The van der Waals surface area contributed by atoms with E-state index in [0.29, 0.717) is 19.3 Å². The summed E-state index contributed by atoms with van der Waals surface area (Å²) in [6.07, 6.45) is 1.35. The average Bonchev–Trinajstić information content (AvgIpc) is 3.49. The normalized spacial score (nSPS) is 22.9. The van der Waals surface area contributed by atoms with Gasteiger partial charge in [0.2, 0.25) is 17.7 Å². The minimum Gasteiger partial charge on any atom is -0.480 e. The smallest absolute Gasteiger partial charge is 0.326 e. The summed E-state index contributed by atoms with van der Waals surface area (Å²) in [5.74, 6) is -2.68. The summed E-state index contributed by atoms with van der Waals surface area (Å²) in [7, 11) is 0. The van der Waals surface area contributed by atoms with Crippen LogP contribution in [0.15, 0.2) is 30.3 Å². The van der Waals surface area contributed by atoms with Gasteiger partial charge in [-0.05, 0) is 44.7 Å². The Bertz CT molecular complexity index is 856. The molecule has 3 rings (SSSR count). The first-order chi connectivity index (χ1) is 15.8. The molecule has 2 aliphatic heterocycles. The highest BCUT2D eigenvalue weighted by Crippen LogP contribution is 2.19. The fraction of sp³-hybridized carbons (Fsp3) is 0.565. The number of nitrogens with zero attached hydrogens (tertiary/aromatic N) is 1. The Hall–Kier alpha value is -2.98. The number of likely N-dealkylation sites (tertiary alicyclic amines) is 1. The Morgan fingerprint density at radius 2 is 1.85 bits per heavy atom. The largest absolute Gasteiger partial charge is 0.480 e. The van der Waals surface area contributed by atoms with Gasteiger partial charge in [0, 0.05) is 13.0 Å². The van der Waals surface area contributed by atoms with Gasteiger partial charge in [-0.3, -0.25) is 14.4 Å². The number of nitrogens with one attached hydrogen (secondary N) is 3. The van der Waals surface area contributed by atoms with E-state index in [4.69, 9.17) is 0 Å². The predicted octanol–water partition coefficient (Wildman–Crippen LogP) is -0.593. The van der Waals surface area contributed by atoms with Crippen LogP contribution in [0.3, 0.4) is 0 Å². The van der Waals surface area contributed by atoms with Crippen LogP contribution in [0.2, 0.25) is 0 Å². The van der Waals surface area contributed by atoms with Gasteiger partial charge in [-0.15, -0.1) is 0 Å². The number of carboxylic acid groups (broad SMARTS) is 1. The van der Waals surface area contributed by atoms with E-state index in [1.807, 2.05) is 30.3 Å². The number of aliphatic hydroxyl groups excluding tert-OH is 1. The number of rotatable bonds is 9. The number of carboxylic acids is 1. The van der Waals surface area contributed by atoms with Gasteiger partial charge in [-0.25, -0.2) is 4.79 Å². The van der Waals surface area contributed by atoms with E-state index < -0.39 is 42.0 Å². The summed E-state index contributed by atoms with van der Waals surface area (Å²) in [4.78, 5) is 51.6. The van der Waals surface area contributed by atoms with Crippen LogP contribution in [0, 0.1) is 0 Å². The number of carbonyl (C=O) groups excluding carboxylic acids is 3. The van der Waals surface area contributed by atoms with Crippen LogP contribution in [0.1, 0.15) is 38.2 Å². The average molecular weight is 461 g/mol. The number of hydrogen-bond donors (Lipinski definition) is 5. The van der Waals surface area contributed by atoms with Gasteiger partial charge < -0.3 is 31.1 Å². The fourth-order valence-corrected chi connectivity index (χ4v) is 4.35. The molecule has 0 bridgehead atoms. The maximum absolute atomic E-state index is 13.2. The van der Waals surface area contributed by atoms with Crippen molar-refractivity contribution < 1.29 is 29.4 Å². The zero-order valence-electron chi connectivity index (χ0n) is 18.7. The SMILES string of the molecule is CC(O)C(NC(=O)C(Cc1ccccc1)NC(=O)C1CCCN1)C(=O)N1CCCC1C(=O)O. The van der Waals surface area contributed by atoms with E-state index in [1.165, 1.54) is 11.8 Å². The number of aliphatic hydroxyl groups is 1. The highest BCUT2D eigenvalue weighted by atomic mass is 16.4. The first kappa shape index (κ1) is 24.7. The van der Waals surface area contributed by atoms with Crippen LogP contribution in [-0.2, 0) is 25.6 Å².